The summed E-state index contributed by atoms with van der Waals surface area (Å²) in [5, 5.41) is 10.7. The second-order valence-corrected chi connectivity index (χ2v) is 5.90. The van der Waals surface area contributed by atoms with E-state index in [-0.39, 0.29) is 11.9 Å². The summed E-state index contributed by atoms with van der Waals surface area (Å²) in [6.45, 7) is 2.83. The van der Waals surface area contributed by atoms with Gasteiger partial charge in [0.25, 0.3) is 0 Å². The van der Waals surface area contributed by atoms with Gasteiger partial charge in [0.05, 0.1) is 17.9 Å². The molecule has 1 atom stereocenters. The van der Waals surface area contributed by atoms with Gasteiger partial charge in [0.15, 0.2) is 0 Å². The van der Waals surface area contributed by atoms with E-state index in [1.165, 1.54) is 12.1 Å². The Hall–Kier alpha value is -2.47. The number of rotatable bonds is 7. The van der Waals surface area contributed by atoms with Gasteiger partial charge < -0.3 is 9.88 Å². The lowest BCUT2D eigenvalue weighted by Crippen LogP contribution is -2.23. The summed E-state index contributed by atoms with van der Waals surface area (Å²) in [6.07, 6.45) is 7.67. The molecule has 0 aliphatic rings. The smallest absolute Gasteiger partial charge is 0.125 e. The molecule has 2 N–H and O–H groups in total. The minimum atomic E-state index is -0.240. The minimum Gasteiger partial charge on any atom is -0.337 e. The quantitative estimate of drug-likeness (QED) is 0.697. The summed E-state index contributed by atoms with van der Waals surface area (Å²) >= 11 is 0. The lowest BCUT2D eigenvalue weighted by atomic mass is 10.1. The Balaban J connectivity index is 1.75. The molecule has 0 saturated heterocycles. The first kappa shape index (κ1) is 16.4. The number of aryl methyl sites for hydroxylation is 1. The largest absolute Gasteiger partial charge is 0.337 e. The zero-order valence-electron chi connectivity index (χ0n) is 14.0. The first-order chi connectivity index (χ1) is 11.7. The van der Waals surface area contributed by atoms with Crippen LogP contribution in [0.2, 0.25) is 0 Å². The lowest BCUT2D eigenvalue weighted by molar-refractivity contribution is 0.460. The highest BCUT2D eigenvalue weighted by atomic mass is 19.1. The highest BCUT2D eigenvalue weighted by molar-refractivity contribution is 5.62. The second-order valence-electron chi connectivity index (χ2n) is 5.90. The number of H-pyrrole nitrogens is 1. The molecule has 0 amide bonds. The van der Waals surface area contributed by atoms with Crippen molar-refractivity contribution in [2.45, 2.75) is 32.4 Å². The molecule has 0 radical (unpaired) electrons. The van der Waals surface area contributed by atoms with E-state index in [1.54, 1.807) is 12.1 Å². The Kier molecular flexibility index (Phi) is 5.05. The molecule has 0 spiro atoms. The number of nitrogens with zero attached hydrogens (tertiary/aromatic N) is 3. The van der Waals surface area contributed by atoms with Crippen LogP contribution < -0.4 is 5.32 Å². The third kappa shape index (κ3) is 3.54. The highest BCUT2D eigenvalue weighted by Crippen LogP contribution is 2.23. The number of hydrogen-bond donors (Lipinski definition) is 2. The van der Waals surface area contributed by atoms with Crippen molar-refractivity contribution in [2.24, 2.45) is 7.05 Å². The van der Waals surface area contributed by atoms with E-state index in [2.05, 4.69) is 27.4 Å². The Labute approximate surface area is 140 Å². The van der Waals surface area contributed by atoms with E-state index in [9.17, 15) is 4.39 Å². The van der Waals surface area contributed by atoms with Gasteiger partial charge in [-0.15, -0.1) is 0 Å². The molecule has 3 aromatic rings. The number of aromatic amines is 1. The van der Waals surface area contributed by atoms with Gasteiger partial charge in [-0.3, -0.25) is 5.10 Å². The molecule has 1 unspecified atom stereocenters. The maximum absolute atomic E-state index is 13.1. The topological polar surface area (TPSA) is 58.5 Å². The first-order valence-electron chi connectivity index (χ1n) is 8.17. The molecule has 3 rings (SSSR count). The lowest BCUT2D eigenvalue weighted by Gasteiger charge is -2.18. The Morgan fingerprint density at radius 1 is 1.29 bits per heavy atom. The van der Waals surface area contributed by atoms with Crippen LogP contribution in [0.1, 0.15) is 37.2 Å². The molecule has 0 fully saturated rings. The number of benzene rings is 1. The molecule has 0 saturated carbocycles. The molecule has 0 aliphatic heterocycles. The fourth-order valence-electron chi connectivity index (χ4n) is 2.87. The van der Waals surface area contributed by atoms with Crippen LogP contribution in [0, 0.1) is 5.82 Å². The minimum absolute atomic E-state index is 0.186. The summed E-state index contributed by atoms with van der Waals surface area (Å²) in [7, 11) is 2.01. The van der Waals surface area contributed by atoms with Crippen LogP contribution >= 0.6 is 0 Å². The van der Waals surface area contributed by atoms with Crippen LogP contribution in [0.5, 0.6) is 0 Å². The van der Waals surface area contributed by atoms with Gasteiger partial charge in [0.1, 0.15) is 11.6 Å². The van der Waals surface area contributed by atoms with Gasteiger partial charge in [-0.05, 0) is 30.7 Å². The van der Waals surface area contributed by atoms with Crippen molar-refractivity contribution >= 4 is 0 Å². The summed E-state index contributed by atoms with van der Waals surface area (Å²) in [5.41, 5.74) is 2.89. The molecular formula is C18H22FN5. The maximum atomic E-state index is 13.1. The van der Waals surface area contributed by atoms with Crippen LogP contribution in [-0.2, 0) is 13.6 Å². The van der Waals surface area contributed by atoms with Crippen molar-refractivity contribution in [2.75, 3.05) is 0 Å². The number of hydrogen-bond acceptors (Lipinski definition) is 3. The van der Waals surface area contributed by atoms with Crippen LogP contribution in [0.4, 0.5) is 4.39 Å². The van der Waals surface area contributed by atoms with Crippen LogP contribution in [0.15, 0.2) is 42.9 Å². The van der Waals surface area contributed by atoms with Gasteiger partial charge in [-0.2, -0.15) is 5.10 Å². The predicted octanol–water partition coefficient (Wildman–Crippen LogP) is 3.58. The molecule has 2 heterocycles. The number of halogens is 1. The van der Waals surface area contributed by atoms with Crippen LogP contribution in [0.3, 0.4) is 0 Å². The first-order valence-corrected chi connectivity index (χ1v) is 8.17. The maximum Gasteiger partial charge on any atom is 0.125 e. The number of nitrogens with one attached hydrogen (secondary N) is 2. The van der Waals surface area contributed by atoms with Gasteiger partial charge in [-0.25, -0.2) is 9.37 Å². The van der Waals surface area contributed by atoms with Gasteiger partial charge in [-0.1, -0.05) is 13.3 Å². The van der Waals surface area contributed by atoms with Crippen molar-refractivity contribution in [3.8, 4) is 11.3 Å². The van der Waals surface area contributed by atoms with Crippen LogP contribution in [0.25, 0.3) is 11.3 Å². The van der Waals surface area contributed by atoms with Gasteiger partial charge in [0.2, 0.25) is 0 Å². The number of aromatic nitrogens is 4. The summed E-state index contributed by atoms with van der Waals surface area (Å²) in [6, 6.07) is 6.62. The summed E-state index contributed by atoms with van der Waals surface area (Å²) in [5.74, 6) is 0.791. The molecule has 5 nitrogen and oxygen atoms in total. The third-order valence-corrected chi connectivity index (χ3v) is 4.14. The van der Waals surface area contributed by atoms with Crippen molar-refractivity contribution in [1.82, 2.24) is 25.1 Å². The van der Waals surface area contributed by atoms with Crippen molar-refractivity contribution in [3.63, 3.8) is 0 Å². The molecule has 6 heteroatoms. The standard InChI is InChI=1S/C18H22FN5/c1-3-4-16(18-20-9-10-24(18)2)21-11-14-12-22-23-17(14)13-5-7-15(19)8-6-13/h5-10,12,16,21H,3-4,11H2,1-2H3,(H,22,23). The molecular weight excluding hydrogens is 305 g/mol. The van der Waals surface area contributed by atoms with Crippen molar-refractivity contribution < 1.29 is 4.39 Å². The third-order valence-electron chi connectivity index (χ3n) is 4.14. The zero-order valence-corrected chi connectivity index (χ0v) is 14.0. The molecule has 0 aliphatic carbocycles. The Morgan fingerprint density at radius 2 is 2.08 bits per heavy atom. The molecule has 126 valence electrons. The van der Waals surface area contributed by atoms with Crippen molar-refractivity contribution in [3.05, 3.63) is 60.1 Å². The highest BCUT2D eigenvalue weighted by Gasteiger charge is 2.16. The average molecular weight is 327 g/mol. The fraction of sp³-hybridized carbons (Fsp3) is 0.333. The van der Waals surface area contributed by atoms with E-state index < -0.39 is 0 Å². The molecule has 1 aromatic carbocycles. The zero-order chi connectivity index (χ0) is 16.9. The molecule has 0 bridgehead atoms. The van der Waals surface area contributed by atoms with E-state index >= 15 is 0 Å². The Bertz CT molecular complexity index is 775. The summed E-state index contributed by atoms with van der Waals surface area (Å²) in [4.78, 5) is 4.46. The van der Waals surface area contributed by atoms with Gasteiger partial charge >= 0.3 is 0 Å². The van der Waals surface area contributed by atoms with Crippen molar-refractivity contribution in [1.29, 1.82) is 0 Å². The van der Waals surface area contributed by atoms with Gasteiger partial charge in [0, 0.05) is 37.1 Å². The van der Waals surface area contributed by atoms with Crippen LogP contribution in [-0.4, -0.2) is 19.7 Å². The predicted molar refractivity (Wildman–Crippen MR) is 91.7 cm³/mol. The second kappa shape index (κ2) is 7.40. The SMILES string of the molecule is CCCC(NCc1cn[nH]c1-c1ccc(F)cc1)c1nccn1C. The fourth-order valence-corrected chi connectivity index (χ4v) is 2.87. The van der Waals surface area contributed by atoms with E-state index in [0.717, 1.165) is 35.5 Å². The molecule has 24 heavy (non-hydrogen) atoms. The monoisotopic (exact) mass is 327 g/mol. The van der Waals surface area contributed by atoms with E-state index in [0.29, 0.717) is 6.54 Å². The Morgan fingerprint density at radius 3 is 2.75 bits per heavy atom. The average Bonchev–Trinajstić information content (AvgIpc) is 3.21. The molecule has 2 aromatic heterocycles. The summed E-state index contributed by atoms with van der Waals surface area (Å²) < 4.78 is 15.2. The number of imidazole rings is 1. The van der Waals surface area contributed by atoms with E-state index in [4.69, 9.17) is 0 Å². The van der Waals surface area contributed by atoms with E-state index in [1.807, 2.05) is 30.2 Å². The normalized spacial score (nSPS) is 12.5.